The van der Waals surface area contributed by atoms with Gasteiger partial charge in [0.1, 0.15) is 5.01 Å². The molecule has 0 spiro atoms. The molecule has 0 aromatic carbocycles. The fourth-order valence-electron chi connectivity index (χ4n) is 2.00. The zero-order valence-corrected chi connectivity index (χ0v) is 11.6. The Morgan fingerprint density at radius 2 is 2.21 bits per heavy atom. The van der Waals surface area contributed by atoms with E-state index in [-0.39, 0.29) is 5.78 Å². The van der Waals surface area contributed by atoms with Gasteiger partial charge in [-0.3, -0.25) is 4.79 Å². The first-order valence-corrected chi connectivity index (χ1v) is 6.85. The fraction of sp³-hybridized carbons (Fsp3) is 0.214. The maximum atomic E-state index is 12.3. The molecule has 0 unspecified atom stereocenters. The first kappa shape index (κ1) is 12.0. The van der Waals surface area contributed by atoms with E-state index in [1.54, 1.807) is 22.0 Å². The number of aryl methyl sites for hydroxylation is 2. The van der Waals surface area contributed by atoms with Gasteiger partial charge in [-0.15, -0.1) is 11.3 Å². The van der Waals surface area contributed by atoms with Crippen LogP contribution in [0.5, 0.6) is 0 Å². The van der Waals surface area contributed by atoms with E-state index >= 15 is 0 Å². The van der Waals surface area contributed by atoms with E-state index in [0.717, 1.165) is 16.2 Å². The van der Waals surface area contributed by atoms with Crippen LogP contribution in [0.3, 0.4) is 0 Å². The molecule has 3 heterocycles. The molecule has 0 saturated heterocycles. The number of nitrogens with zero attached hydrogens (tertiary/aromatic N) is 3. The monoisotopic (exact) mass is 271 g/mol. The van der Waals surface area contributed by atoms with Crippen LogP contribution >= 0.6 is 11.3 Å². The van der Waals surface area contributed by atoms with Crippen molar-refractivity contribution in [1.29, 1.82) is 0 Å². The molecule has 0 aliphatic carbocycles. The van der Waals surface area contributed by atoms with E-state index in [1.165, 1.54) is 4.88 Å². The molecular formula is C14H13N3OS. The molecule has 0 bridgehead atoms. The normalized spacial score (nSPS) is 11.1. The fourth-order valence-corrected chi connectivity index (χ4v) is 2.93. The number of carbonyl (C=O) groups excluding carboxylic acids is 1. The van der Waals surface area contributed by atoms with Gasteiger partial charge in [0.2, 0.25) is 0 Å². The van der Waals surface area contributed by atoms with E-state index in [9.17, 15) is 4.79 Å². The minimum absolute atomic E-state index is 0.0648. The van der Waals surface area contributed by atoms with Crippen molar-refractivity contribution in [3.8, 4) is 0 Å². The Kier molecular flexibility index (Phi) is 2.91. The highest BCUT2D eigenvalue weighted by Crippen LogP contribution is 2.19. The number of thiazole rings is 1. The van der Waals surface area contributed by atoms with Gasteiger partial charge in [0.25, 0.3) is 0 Å². The smallest absolute Gasteiger partial charge is 0.173 e. The Hall–Kier alpha value is -2.01. The summed E-state index contributed by atoms with van der Waals surface area (Å²) in [5, 5.41) is 5.05. The second-order valence-corrected chi connectivity index (χ2v) is 5.73. The highest BCUT2D eigenvalue weighted by Gasteiger charge is 2.15. The molecule has 0 aliphatic heterocycles. The van der Waals surface area contributed by atoms with Crippen molar-refractivity contribution in [3.05, 3.63) is 51.7 Å². The van der Waals surface area contributed by atoms with Gasteiger partial charge in [-0.2, -0.15) is 5.10 Å². The maximum absolute atomic E-state index is 12.3. The lowest BCUT2D eigenvalue weighted by Crippen LogP contribution is -2.02. The predicted molar refractivity (Wildman–Crippen MR) is 74.8 cm³/mol. The van der Waals surface area contributed by atoms with Crippen LogP contribution in [-0.2, 0) is 6.42 Å². The predicted octanol–water partition coefficient (Wildman–Crippen LogP) is 2.83. The van der Waals surface area contributed by atoms with Crippen LogP contribution in [-0.4, -0.2) is 20.4 Å². The minimum atomic E-state index is 0.0648. The number of fused-ring (bicyclic) bond motifs is 1. The Labute approximate surface area is 114 Å². The van der Waals surface area contributed by atoms with Gasteiger partial charge in [0.15, 0.2) is 5.78 Å². The zero-order valence-electron chi connectivity index (χ0n) is 10.8. The maximum Gasteiger partial charge on any atom is 0.173 e. The molecule has 3 aromatic heterocycles. The van der Waals surface area contributed by atoms with E-state index in [2.05, 4.69) is 10.1 Å². The van der Waals surface area contributed by atoms with Crippen molar-refractivity contribution >= 4 is 22.6 Å². The summed E-state index contributed by atoms with van der Waals surface area (Å²) in [5.41, 5.74) is 2.51. The highest BCUT2D eigenvalue weighted by atomic mass is 32.1. The van der Waals surface area contributed by atoms with E-state index in [4.69, 9.17) is 0 Å². The molecule has 19 heavy (non-hydrogen) atoms. The average Bonchev–Trinajstić information content (AvgIpc) is 2.94. The number of aromatic nitrogens is 3. The van der Waals surface area contributed by atoms with E-state index < -0.39 is 0 Å². The van der Waals surface area contributed by atoms with Gasteiger partial charge < -0.3 is 0 Å². The second-order valence-electron chi connectivity index (χ2n) is 4.44. The lowest BCUT2D eigenvalue weighted by atomic mass is 10.1. The van der Waals surface area contributed by atoms with Crippen LogP contribution in [0.15, 0.2) is 30.6 Å². The average molecular weight is 271 g/mol. The summed E-state index contributed by atoms with van der Waals surface area (Å²) in [4.78, 5) is 17.9. The third kappa shape index (κ3) is 2.17. The topological polar surface area (TPSA) is 47.3 Å². The number of hydrogen-bond acceptors (Lipinski definition) is 4. The quantitative estimate of drug-likeness (QED) is 0.688. The minimum Gasteiger partial charge on any atom is -0.294 e. The van der Waals surface area contributed by atoms with Crippen molar-refractivity contribution in [2.45, 2.75) is 20.3 Å². The standard InChI is InChI=1S/C14H13N3OS/c1-9-10(2)19-14(16-9)7-13(18)11-8-15-17-6-4-3-5-12(11)17/h3-6,8H,7H2,1-2H3. The highest BCUT2D eigenvalue weighted by molar-refractivity contribution is 7.11. The molecule has 0 N–H and O–H groups in total. The van der Waals surface area contributed by atoms with Crippen molar-refractivity contribution < 1.29 is 4.79 Å². The Morgan fingerprint density at radius 1 is 1.37 bits per heavy atom. The first-order valence-electron chi connectivity index (χ1n) is 6.03. The summed E-state index contributed by atoms with van der Waals surface area (Å²) in [7, 11) is 0. The lowest BCUT2D eigenvalue weighted by Gasteiger charge is -1.96. The van der Waals surface area contributed by atoms with Crippen molar-refractivity contribution in [1.82, 2.24) is 14.6 Å². The number of Topliss-reactive ketones (excluding diaryl/α,β-unsaturated/α-hetero) is 1. The summed E-state index contributed by atoms with van der Waals surface area (Å²) in [6.45, 7) is 3.99. The summed E-state index contributed by atoms with van der Waals surface area (Å²) >= 11 is 1.59. The first-order chi connectivity index (χ1) is 9.15. The van der Waals surface area contributed by atoms with Crippen LogP contribution in [0.25, 0.3) is 5.52 Å². The van der Waals surface area contributed by atoms with Gasteiger partial charge in [0, 0.05) is 11.1 Å². The Bertz CT molecular complexity index is 737. The summed E-state index contributed by atoms with van der Waals surface area (Å²) < 4.78 is 1.71. The Morgan fingerprint density at radius 3 is 2.95 bits per heavy atom. The van der Waals surface area contributed by atoms with Gasteiger partial charge in [-0.1, -0.05) is 6.07 Å². The van der Waals surface area contributed by atoms with Crippen LogP contribution in [0, 0.1) is 13.8 Å². The van der Waals surface area contributed by atoms with Gasteiger partial charge in [0.05, 0.1) is 29.4 Å². The third-order valence-electron chi connectivity index (χ3n) is 3.11. The molecule has 0 amide bonds. The Balaban J connectivity index is 1.92. The number of hydrogen-bond donors (Lipinski definition) is 0. The molecule has 96 valence electrons. The van der Waals surface area contributed by atoms with E-state index in [0.29, 0.717) is 12.0 Å². The van der Waals surface area contributed by atoms with E-state index in [1.807, 2.05) is 38.2 Å². The summed E-state index contributed by atoms with van der Waals surface area (Å²) in [6.07, 6.45) is 3.81. The lowest BCUT2D eigenvalue weighted by molar-refractivity contribution is 0.0994. The van der Waals surface area contributed by atoms with Crippen LogP contribution in [0.4, 0.5) is 0 Å². The molecule has 0 aliphatic rings. The van der Waals surface area contributed by atoms with Crippen LogP contribution < -0.4 is 0 Å². The second kappa shape index (κ2) is 4.59. The molecule has 3 aromatic rings. The summed E-state index contributed by atoms with van der Waals surface area (Å²) in [6, 6.07) is 5.70. The third-order valence-corrected chi connectivity index (χ3v) is 4.18. The molecule has 0 radical (unpaired) electrons. The molecule has 0 fully saturated rings. The van der Waals surface area contributed by atoms with Crippen molar-refractivity contribution in [2.75, 3.05) is 0 Å². The number of pyridine rings is 1. The van der Waals surface area contributed by atoms with Crippen molar-refractivity contribution in [2.24, 2.45) is 0 Å². The van der Waals surface area contributed by atoms with Gasteiger partial charge in [-0.05, 0) is 26.0 Å². The number of ketones is 1. The van der Waals surface area contributed by atoms with Crippen LogP contribution in [0.1, 0.15) is 25.9 Å². The molecule has 0 saturated carbocycles. The number of rotatable bonds is 3. The molecule has 0 atom stereocenters. The summed E-state index contributed by atoms with van der Waals surface area (Å²) in [5.74, 6) is 0.0648. The zero-order chi connectivity index (χ0) is 13.4. The SMILES string of the molecule is Cc1nc(CC(=O)c2cnn3ccccc23)sc1C. The molecule has 4 nitrogen and oxygen atoms in total. The molecular weight excluding hydrogens is 258 g/mol. The van der Waals surface area contributed by atoms with Gasteiger partial charge >= 0.3 is 0 Å². The molecule has 3 rings (SSSR count). The van der Waals surface area contributed by atoms with Crippen LogP contribution in [0.2, 0.25) is 0 Å². The number of carbonyl (C=O) groups is 1. The van der Waals surface area contributed by atoms with Crippen molar-refractivity contribution in [3.63, 3.8) is 0 Å². The van der Waals surface area contributed by atoms with Gasteiger partial charge in [-0.25, -0.2) is 9.50 Å². The molecule has 5 heteroatoms. The largest absolute Gasteiger partial charge is 0.294 e.